The monoisotopic (exact) mass is 235 g/mol. The summed E-state index contributed by atoms with van der Waals surface area (Å²) < 4.78 is 5.35. The fourth-order valence-corrected chi connectivity index (χ4v) is 1.83. The predicted molar refractivity (Wildman–Crippen MR) is 69.8 cm³/mol. The molecular weight excluding hydrogens is 214 g/mol. The van der Waals surface area contributed by atoms with E-state index in [4.69, 9.17) is 4.74 Å². The highest BCUT2D eigenvalue weighted by Gasteiger charge is 2.15. The van der Waals surface area contributed by atoms with Crippen molar-refractivity contribution in [3.05, 3.63) is 28.8 Å². The molecule has 1 aromatic carbocycles. The number of ether oxygens (including phenoxy) is 1. The summed E-state index contributed by atoms with van der Waals surface area (Å²) in [6.45, 7) is 8.67. The SMILES string of the molecule is CCNC(=O)c1cc(C(C)C)c(OC)cc1C. The van der Waals surface area contributed by atoms with Crippen molar-refractivity contribution in [1.29, 1.82) is 0 Å². The molecule has 0 saturated heterocycles. The Bertz CT molecular complexity index is 411. The van der Waals surface area contributed by atoms with Crippen LogP contribution in [0.5, 0.6) is 5.75 Å². The van der Waals surface area contributed by atoms with Crippen molar-refractivity contribution in [1.82, 2.24) is 5.32 Å². The number of benzene rings is 1. The molecule has 0 aliphatic rings. The second-order valence-corrected chi connectivity index (χ2v) is 4.42. The second-order valence-electron chi connectivity index (χ2n) is 4.42. The normalized spacial score (nSPS) is 10.5. The maximum absolute atomic E-state index is 11.9. The van der Waals surface area contributed by atoms with Crippen LogP contribution in [0.4, 0.5) is 0 Å². The maximum atomic E-state index is 11.9. The van der Waals surface area contributed by atoms with Crippen LogP contribution in [0.2, 0.25) is 0 Å². The van der Waals surface area contributed by atoms with Crippen LogP contribution in [0.3, 0.4) is 0 Å². The number of hydrogen-bond acceptors (Lipinski definition) is 2. The zero-order valence-electron chi connectivity index (χ0n) is 11.3. The number of methoxy groups -OCH3 is 1. The van der Waals surface area contributed by atoms with Gasteiger partial charge in [-0.05, 0) is 43.0 Å². The van der Waals surface area contributed by atoms with Crippen LogP contribution < -0.4 is 10.1 Å². The molecular formula is C14H21NO2. The van der Waals surface area contributed by atoms with Crippen LogP contribution in [0, 0.1) is 6.92 Å². The Morgan fingerprint density at radius 2 is 2.06 bits per heavy atom. The lowest BCUT2D eigenvalue weighted by Crippen LogP contribution is -2.23. The second kappa shape index (κ2) is 5.71. The Morgan fingerprint density at radius 3 is 2.53 bits per heavy atom. The van der Waals surface area contributed by atoms with Gasteiger partial charge in [0.05, 0.1) is 7.11 Å². The Kier molecular flexibility index (Phi) is 4.55. The van der Waals surface area contributed by atoms with Gasteiger partial charge in [0.25, 0.3) is 5.91 Å². The molecule has 1 rings (SSSR count). The topological polar surface area (TPSA) is 38.3 Å². The van der Waals surface area contributed by atoms with E-state index in [0.29, 0.717) is 12.5 Å². The molecule has 3 nitrogen and oxygen atoms in total. The zero-order chi connectivity index (χ0) is 13.0. The number of aryl methyl sites for hydroxylation is 1. The fraction of sp³-hybridized carbons (Fsp3) is 0.500. The summed E-state index contributed by atoms with van der Waals surface area (Å²) >= 11 is 0. The molecule has 3 heteroatoms. The van der Waals surface area contributed by atoms with Crippen molar-refractivity contribution in [2.75, 3.05) is 13.7 Å². The highest BCUT2D eigenvalue weighted by atomic mass is 16.5. The standard InChI is InChI=1S/C14H21NO2/c1-6-15-14(16)12-8-11(9(2)3)13(17-5)7-10(12)4/h7-9H,6H2,1-5H3,(H,15,16). The lowest BCUT2D eigenvalue weighted by atomic mass is 9.96. The molecule has 0 unspecified atom stereocenters. The van der Waals surface area contributed by atoms with E-state index in [9.17, 15) is 4.79 Å². The highest BCUT2D eigenvalue weighted by Crippen LogP contribution is 2.29. The van der Waals surface area contributed by atoms with E-state index in [-0.39, 0.29) is 5.91 Å². The molecule has 0 bridgehead atoms. The van der Waals surface area contributed by atoms with Gasteiger partial charge in [-0.25, -0.2) is 0 Å². The van der Waals surface area contributed by atoms with Gasteiger partial charge < -0.3 is 10.1 Å². The van der Waals surface area contributed by atoms with E-state index in [0.717, 1.165) is 22.4 Å². The summed E-state index contributed by atoms with van der Waals surface area (Å²) in [5, 5.41) is 2.83. The van der Waals surface area contributed by atoms with Gasteiger partial charge in [-0.3, -0.25) is 4.79 Å². The quantitative estimate of drug-likeness (QED) is 0.871. The van der Waals surface area contributed by atoms with Gasteiger partial charge in [0.1, 0.15) is 5.75 Å². The Hall–Kier alpha value is -1.51. The molecule has 0 radical (unpaired) electrons. The van der Waals surface area contributed by atoms with Crippen molar-refractivity contribution in [2.45, 2.75) is 33.6 Å². The summed E-state index contributed by atoms with van der Waals surface area (Å²) in [4.78, 5) is 11.9. The smallest absolute Gasteiger partial charge is 0.251 e. The molecule has 94 valence electrons. The van der Waals surface area contributed by atoms with E-state index in [1.807, 2.05) is 26.0 Å². The number of carbonyl (C=O) groups is 1. The highest BCUT2D eigenvalue weighted by molar-refractivity contribution is 5.96. The van der Waals surface area contributed by atoms with Crippen LogP contribution in [0.25, 0.3) is 0 Å². The van der Waals surface area contributed by atoms with Crippen molar-refractivity contribution in [3.8, 4) is 5.75 Å². The van der Waals surface area contributed by atoms with Crippen molar-refractivity contribution in [3.63, 3.8) is 0 Å². The third-order valence-electron chi connectivity index (χ3n) is 2.78. The molecule has 17 heavy (non-hydrogen) atoms. The van der Waals surface area contributed by atoms with Crippen molar-refractivity contribution >= 4 is 5.91 Å². The first kappa shape index (κ1) is 13.6. The molecule has 0 heterocycles. The first-order valence-electron chi connectivity index (χ1n) is 5.98. The van der Waals surface area contributed by atoms with Crippen molar-refractivity contribution in [2.24, 2.45) is 0 Å². The predicted octanol–water partition coefficient (Wildman–Crippen LogP) is 2.88. The molecule has 0 aromatic heterocycles. The number of rotatable bonds is 4. The molecule has 0 aliphatic heterocycles. The third-order valence-corrected chi connectivity index (χ3v) is 2.78. The summed E-state index contributed by atoms with van der Waals surface area (Å²) in [6.07, 6.45) is 0. The van der Waals surface area contributed by atoms with Crippen LogP contribution in [-0.2, 0) is 0 Å². The molecule has 0 spiro atoms. The summed E-state index contributed by atoms with van der Waals surface area (Å²) in [6, 6.07) is 3.86. The Balaban J connectivity index is 3.24. The molecule has 1 N–H and O–H groups in total. The molecule has 1 aromatic rings. The zero-order valence-corrected chi connectivity index (χ0v) is 11.3. The average molecular weight is 235 g/mol. The third kappa shape index (κ3) is 2.99. The summed E-state index contributed by atoms with van der Waals surface area (Å²) in [5.41, 5.74) is 2.74. The minimum atomic E-state index is -0.0189. The van der Waals surface area contributed by atoms with Gasteiger partial charge in [-0.2, -0.15) is 0 Å². The van der Waals surface area contributed by atoms with Crippen LogP contribution in [0.15, 0.2) is 12.1 Å². The van der Waals surface area contributed by atoms with Crippen LogP contribution >= 0.6 is 0 Å². The number of nitrogens with one attached hydrogen (secondary N) is 1. The van der Waals surface area contributed by atoms with E-state index in [1.54, 1.807) is 7.11 Å². The number of carbonyl (C=O) groups excluding carboxylic acids is 1. The first-order chi connectivity index (χ1) is 8.01. The summed E-state index contributed by atoms with van der Waals surface area (Å²) in [7, 11) is 1.66. The molecule has 1 amide bonds. The first-order valence-corrected chi connectivity index (χ1v) is 5.98. The minimum Gasteiger partial charge on any atom is -0.496 e. The van der Waals surface area contributed by atoms with Gasteiger partial charge in [0, 0.05) is 12.1 Å². The lowest BCUT2D eigenvalue weighted by molar-refractivity contribution is 0.0955. The largest absolute Gasteiger partial charge is 0.496 e. The summed E-state index contributed by atoms with van der Waals surface area (Å²) in [5.74, 6) is 1.17. The van der Waals surface area contributed by atoms with Gasteiger partial charge in [0.15, 0.2) is 0 Å². The lowest BCUT2D eigenvalue weighted by Gasteiger charge is -2.15. The van der Waals surface area contributed by atoms with Gasteiger partial charge in [0.2, 0.25) is 0 Å². The Labute approximate surface area is 103 Å². The van der Waals surface area contributed by atoms with E-state index in [1.165, 1.54) is 0 Å². The minimum absolute atomic E-state index is 0.0189. The molecule has 0 atom stereocenters. The molecule has 0 aliphatic carbocycles. The van der Waals surface area contributed by atoms with Gasteiger partial charge in [-0.1, -0.05) is 13.8 Å². The van der Waals surface area contributed by atoms with E-state index in [2.05, 4.69) is 19.2 Å². The number of amides is 1. The van der Waals surface area contributed by atoms with Crippen LogP contribution in [-0.4, -0.2) is 19.6 Å². The number of hydrogen-bond donors (Lipinski definition) is 1. The van der Waals surface area contributed by atoms with Gasteiger partial charge in [-0.15, -0.1) is 0 Å². The van der Waals surface area contributed by atoms with Gasteiger partial charge >= 0.3 is 0 Å². The molecule has 0 saturated carbocycles. The molecule has 0 fully saturated rings. The maximum Gasteiger partial charge on any atom is 0.251 e. The van der Waals surface area contributed by atoms with Crippen LogP contribution in [0.1, 0.15) is 48.2 Å². The van der Waals surface area contributed by atoms with E-state index >= 15 is 0 Å². The Morgan fingerprint density at radius 1 is 1.41 bits per heavy atom. The van der Waals surface area contributed by atoms with E-state index < -0.39 is 0 Å². The van der Waals surface area contributed by atoms with Crippen molar-refractivity contribution < 1.29 is 9.53 Å². The average Bonchev–Trinajstić information content (AvgIpc) is 2.28. The fourth-order valence-electron chi connectivity index (χ4n) is 1.83.